The Morgan fingerprint density at radius 3 is 2.53 bits per heavy atom. The molecule has 2 aliphatic carbocycles. The van der Waals surface area contributed by atoms with Crippen molar-refractivity contribution >= 4 is 11.8 Å². The Morgan fingerprint density at radius 1 is 1.27 bits per heavy atom. The van der Waals surface area contributed by atoms with Crippen molar-refractivity contribution in [2.75, 3.05) is 0 Å². The highest BCUT2D eigenvalue weighted by molar-refractivity contribution is 6.16. The molecule has 0 saturated heterocycles. The lowest BCUT2D eigenvalue weighted by Crippen LogP contribution is -2.42. The van der Waals surface area contributed by atoms with E-state index in [0.29, 0.717) is 17.4 Å². The number of fused-ring (bicyclic) bond motifs is 2. The van der Waals surface area contributed by atoms with Crippen LogP contribution in [-0.4, -0.2) is 22.8 Å². The molecule has 0 aromatic carbocycles. The topological polar surface area (TPSA) is 37.4 Å². The lowest BCUT2D eigenvalue weighted by molar-refractivity contribution is -0.140. The van der Waals surface area contributed by atoms with Crippen LogP contribution >= 0.6 is 0 Å². The minimum absolute atomic E-state index is 0.0917. The summed E-state index contributed by atoms with van der Waals surface area (Å²) in [6.45, 7) is 1.71. The molecule has 1 heterocycles. The fourth-order valence-corrected chi connectivity index (χ4v) is 2.97. The smallest absolute Gasteiger partial charge is 0.256 e. The van der Waals surface area contributed by atoms with Crippen LogP contribution in [0.25, 0.3) is 0 Å². The van der Waals surface area contributed by atoms with Crippen LogP contribution in [0.15, 0.2) is 23.8 Å². The Bertz CT molecular complexity index is 408. The first-order valence-electron chi connectivity index (χ1n) is 5.41. The molecule has 15 heavy (non-hydrogen) atoms. The molecule has 2 bridgehead atoms. The van der Waals surface area contributed by atoms with Crippen molar-refractivity contribution in [2.24, 2.45) is 11.8 Å². The van der Waals surface area contributed by atoms with Crippen molar-refractivity contribution in [3.8, 4) is 0 Å². The van der Waals surface area contributed by atoms with Gasteiger partial charge in [-0.15, -0.1) is 0 Å². The summed E-state index contributed by atoms with van der Waals surface area (Å²) in [4.78, 5) is 24.9. The van der Waals surface area contributed by atoms with Gasteiger partial charge >= 0.3 is 0 Å². The molecule has 3 atom stereocenters. The fraction of sp³-hybridized carbons (Fsp3) is 0.500. The molecule has 0 spiro atoms. The molecule has 0 N–H and O–H groups in total. The molecule has 2 amide bonds. The van der Waals surface area contributed by atoms with Crippen LogP contribution in [0.3, 0.4) is 0 Å². The summed E-state index contributed by atoms with van der Waals surface area (Å²) in [5.74, 6) is 0.776. The number of rotatable bonds is 1. The van der Waals surface area contributed by atoms with E-state index >= 15 is 0 Å². The van der Waals surface area contributed by atoms with Crippen LogP contribution in [0.4, 0.5) is 0 Å². The van der Waals surface area contributed by atoms with Gasteiger partial charge in [0, 0.05) is 17.7 Å². The predicted octanol–water partition coefficient (Wildman–Crippen LogP) is 1.27. The Kier molecular flexibility index (Phi) is 1.67. The van der Waals surface area contributed by atoms with E-state index in [1.54, 1.807) is 6.92 Å². The molecule has 78 valence electrons. The minimum Gasteiger partial charge on any atom is -0.271 e. The van der Waals surface area contributed by atoms with Gasteiger partial charge in [0.1, 0.15) is 0 Å². The molecule has 3 aliphatic rings. The zero-order valence-corrected chi connectivity index (χ0v) is 8.64. The van der Waals surface area contributed by atoms with Crippen molar-refractivity contribution in [1.82, 2.24) is 4.90 Å². The van der Waals surface area contributed by atoms with Crippen molar-refractivity contribution < 1.29 is 9.59 Å². The van der Waals surface area contributed by atoms with Gasteiger partial charge in [-0.3, -0.25) is 14.5 Å². The molecule has 3 heteroatoms. The van der Waals surface area contributed by atoms with Crippen molar-refractivity contribution in [3.63, 3.8) is 0 Å². The lowest BCUT2D eigenvalue weighted by Gasteiger charge is -2.27. The maximum absolute atomic E-state index is 11.8. The zero-order valence-electron chi connectivity index (χ0n) is 8.64. The first-order chi connectivity index (χ1) is 7.16. The van der Waals surface area contributed by atoms with Crippen LogP contribution < -0.4 is 0 Å². The van der Waals surface area contributed by atoms with E-state index in [1.165, 1.54) is 11.0 Å². The summed E-state index contributed by atoms with van der Waals surface area (Å²) in [6.07, 6.45) is 7.90. The predicted molar refractivity (Wildman–Crippen MR) is 54.8 cm³/mol. The summed E-state index contributed by atoms with van der Waals surface area (Å²) >= 11 is 0. The molecule has 1 saturated carbocycles. The third-order valence-corrected chi connectivity index (χ3v) is 3.71. The van der Waals surface area contributed by atoms with E-state index in [4.69, 9.17) is 0 Å². The van der Waals surface area contributed by atoms with Gasteiger partial charge in [0.2, 0.25) is 0 Å². The molecule has 1 aliphatic heterocycles. The molecule has 0 aromatic rings. The van der Waals surface area contributed by atoms with Crippen LogP contribution in [0.2, 0.25) is 0 Å². The molecule has 0 radical (unpaired) electrons. The number of nitrogens with zero attached hydrogens (tertiary/aromatic N) is 1. The van der Waals surface area contributed by atoms with Gasteiger partial charge in [-0.1, -0.05) is 12.2 Å². The number of amides is 2. The minimum atomic E-state index is -0.122. The Morgan fingerprint density at radius 2 is 2.07 bits per heavy atom. The van der Waals surface area contributed by atoms with Gasteiger partial charge in [0.15, 0.2) is 0 Å². The number of hydrogen-bond donors (Lipinski definition) is 0. The Balaban J connectivity index is 1.88. The second kappa shape index (κ2) is 2.81. The number of carbonyl (C=O) groups excluding carboxylic acids is 2. The van der Waals surface area contributed by atoms with Crippen LogP contribution in [0.5, 0.6) is 0 Å². The van der Waals surface area contributed by atoms with Crippen molar-refractivity contribution in [2.45, 2.75) is 25.8 Å². The number of allylic oxidation sites excluding steroid dienone is 1. The monoisotopic (exact) mass is 203 g/mol. The molecule has 3 nitrogen and oxygen atoms in total. The SMILES string of the molecule is CC1=CC(=O)N(C2CC3C=CC2C3)C1=O. The molecule has 0 aromatic heterocycles. The number of imide groups is 1. The highest BCUT2D eigenvalue weighted by atomic mass is 16.2. The Hall–Kier alpha value is -1.38. The van der Waals surface area contributed by atoms with Gasteiger partial charge in [-0.25, -0.2) is 0 Å². The molecule has 3 rings (SSSR count). The van der Waals surface area contributed by atoms with E-state index in [2.05, 4.69) is 12.2 Å². The van der Waals surface area contributed by atoms with Gasteiger partial charge in [0.05, 0.1) is 0 Å². The highest BCUT2D eigenvalue weighted by Gasteiger charge is 2.44. The first-order valence-corrected chi connectivity index (χ1v) is 5.41. The lowest BCUT2D eigenvalue weighted by atomic mass is 10.00. The summed E-state index contributed by atoms with van der Waals surface area (Å²) in [5.41, 5.74) is 0.576. The fourth-order valence-electron chi connectivity index (χ4n) is 2.97. The zero-order chi connectivity index (χ0) is 10.6. The van der Waals surface area contributed by atoms with Gasteiger partial charge in [0.25, 0.3) is 11.8 Å². The largest absolute Gasteiger partial charge is 0.271 e. The number of carbonyl (C=O) groups is 2. The van der Waals surface area contributed by atoms with E-state index in [1.807, 2.05) is 0 Å². The third kappa shape index (κ3) is 1.12. The number of hydrogen-bond acceptors (Lipinski definition) is 2. The molecule has 1 fully saturated rings. The third-order valence-electron chi connectivity index (χ3n) is 3.71. The summed E-state index contributed by atoms with van der Waals surface area (Å²) < 4.78 is 0. The van der Waals surface area contributed by atoms with Gasteiger partial charge < -0.3 is 0 Å². The summed E-state index contributed by atoms with van der Waals surface area (Å²) in [6, 6.07) is 0.119. The second-order valence-electron chi connectivity index (χ2n) is 4.69. The van der Waals surface area contributed by atoms with Crippen LogP contribution in [-0.2, 0) is 9.59 Å². The van der Waals surface area contributed by atoms with Crippen molar-refractivity contribution in [3.05, 3.63) is 23.8 Å². The molecular weight excluding hydrogens is 190 g/mol. The molecule has 3 unspecified atom stereocenters. The highest BCUT2D eigenvalue weighted by Crippen LogP contribution is 2.42. The normalized spacial score (nSPS) is 38.1. The first kappa shape index (κ1) is 8.89. The van der Waals surface area contributed by atoms with E-state index in [-0.39, 0.29) is 17.9 Å². The van der Waals surface area contributed by atoms with E-state index < -0.39 is 0 Å². The molecular formula is C12H13NO2. The Labute approximate surface area is 88.4 Å². The average molecular weight is 203 g/mol. The quantitative estimate of drug-likeness (QED) is 0.475. The average Bonchev–Trinajstić information content (AvgIpc) is 2.83. The van der Waals surface area contributed by atoms with E-state index in [0.717, 1.165) is 12.8 Å². The van der Waals surface area contributed by atoms with Crippen LogP contribution in [0, 0.1) is 11.8 Å². The summed E-state index contributed by atoms with van der Waals surface area (Å²) in [7, 11) is 0. The second-order valence-corrected chi connectivity index (χ2v) is 4.69. The maximum Gasteiger partial charge on any atom is 0.256 e. The maximum atomic E-state index is 11.8. The van der Waals surface area contributed by atoms with E-state index in [9.17, 15) is 9.59 Å². The van der Waals surface area contributed by atoms with Crippen LogP contribution in [0.1, 0.15) is 19.8 Å². The van der Waals surface area contributed by atoms with Gasteiger partial charge in [-0.05, 0) is 31.6 Å². The summed E-state index contributed by atoms with van der Waals surface area (Å²) in [5, 5.41) is 0. The van der Waals surface area contributed by atoms with Gasteiger partial charge in [-0.2, -0.15) is 0 Å². The van der Waals surface area contributed by atoms with Crippen molar-refractivity contribution in [1.29, 1.82) is 0 Å². The standard InChI is InChI=1S/C12H13NO2/c1-7-4-11(14)13(12(7)15)10-6-8-2-3-9(10)5-8/h2-4,8-10H,5-6H2,1H3.